The van der Waals surface area contributed by atoms with Gasteiger partial charge in [0.05, 0.1) is 33.5 Å². The fourth-order valence-corrected chi connectivity index (χ4v) is 6.60. The highest BCUT2D eigenvalue weighted by atomic mass is 15.2. The monoisotopic (exact) mass is 565 g/mol. The van der Waals surface area contributed by atoms with Gasteiger partial charge in [0.15, 0.2) is 0 Å². The summed E-state index contributed by atoms with van der Waals surface area (Å²) in [5.41, 5.74) is 9.14. The molecule has 5 nitrogen and oxygen atoms in total. The van der Waals surface area contributed by atoms with Crippen LogP contribution in [0.1, 0.15) is 18.0 Å². The first-order valence-corrected chi connectivity index (χ1v) is 15.0. The zero-order valence-corrected chi connectivity index (χ0v) is 23.9. The molecular formula is C39H27N5. The standard InChI is InChI=1S/C39H27N5/c1-4-14-26(15-5-1)32-25-33(27-16-6-2-7-17-27)41-39(40-32)44-34-22-12-10-20-29(34)31-24-36-37(42-38(31)44)30-21-11-13-23-35(30)43(36)28-18-8-3-9-19-28/h1-16,18-25,27H,17H2. The van der Waals surface area contributed by atoms with Crippen molar-refractivity contribution in [2.45, 2.75) is 12.3 Å². The van der Waals surface area contributed by atoms with Crippen LogP contribution < -0.4 is 0 Å². The van der Waals surface area contributed by atoms with Crippen molar-refractivity contribution in [2.24, 2.45) is 0 Å². The summed E-state index contributed by atoms with van der Waals surface area (Å²) in [4.78, 5) is 15.9. The summed E-state index contributed by atoms with van der Waals surface area (Å²) in [5.74, 6) is 0.815. The number of rotatable bonds is 4. The third-order valence-corrected chi connectivity index (χ3v) is 8.65. The molecule has 0 aliphatic heterocycles. The van der Waals surface area contributed by atoms with Crippen LogP contribution in [0, 0.1) is 0 Å². The predicted octanol–water partition coefficient (Wildman–Crippen LogP) is 9.33. The number of nitrogens with zero attached hydrogens (tertiary/aromatic N) is 5. The lowest BCUT2D eigenvalue weighted by molar-refractivity contribution is 0.796. The van der Waals surface area contributed by atoms with E-state index in [0.717, 1.165) is 72.9 Å². The third-order valence-electron chi connectivity index (χ3n) is 8.65. The summed E-state index contributed by atoms with van der Waals surface area (Å²) in [5, 5.41) is 3.31. The number of allylic oxidation sites excluding steroid dienone is 4. The molecule has 0 bridgehead atoms. The lowest BCUT2D eigenvalue weighted by Gasteiger charge is -2.16. The van der Waals surface area contributed by atoms with Gasteiger partial charge in [-0.3, -0.25) is 4.57 Å². The molecule has 1 atom stereocenters. The molecule has 1 aliphatic rings. The number of fused-ring (bicyclic) bond motifs is 6. The van der Waals surface area contributed by atoms with E-state index in [1.54, 1.807) is 0 Å². The molecule has 1 unspecified atom stereocenters. The first kappa shape index (κ1) is 24.8. The van der Waals surface area contributed by atoms with Crippen LogP contribution in [-0.2, 0) is 0 Å². The topological polar surface area (TPSA) is 48.5 Å². The number of benzene rings is 4. The van der Waals surface area contributed by atoms with E-state index in [1.165, 1.54) is 0 Å². The molecule has 9 rings (SSSR count). The molecule has 0 saturated carbocycles. The van der Waals surface area contributed by atoms with E-state index in [4.69, 9.17) is 15.0 Å². The molecule has 0 amide bonds. The van der Waals surface area contributed by atoms with Gasteiger partial charge < -0.3 is 4.57 Å². The summed E-state index contributed by atoms with van der Waals surface area (Å²) in [6, 6.07) is 42.3. The minimum Gasteiger partial charge on any atom is -0.308 e. The van der Waals surface area contributed by atoms with Gasteiger partial charge in [-0.25, -0.2) is 15.0 Å². The second-order valence-electron chi connectivity index (χ2n) is 11.3. The maximum Gasteiger partial charge on any atom is 0.236 e. The molecule has 4 heterocycles. The van der Waals surface area contributed by atoms with E-state index >= 15 is 0 Å². The lowest BCUT2D eigenvalue weighted by atomic mass is 9.96. The molecule has 4 aromatic carbocycles. The highest BCUT2D eigenvalue weighted by molar-refractivity contribution is 6.15. The Bertz CT molecular complexity index is 2410. The van der Waals surface area contributed by atoms with Crippen LogP contribution in [0.2, 0.25) is 0 Å². The van der Waals surface area contributed by atoms with Crippen LogP contribution in [0.25, 0.3) is 66.8 Å². The number of aromatic nitrogens is 5. The number of pyridine rings is 1. The molecule has 0 radical (unpaired) electrons. The van der Waals surface area contributed by atoms with Gasteiger partial charge in [0.25, 0.3) is 0 Å². The van der Waals surface area contributed by atoms with Crippen molar-refractivity contribution in [3.8, 4) is 22.9 Å². The Morgan fingerprint density at radius 2 is 1.27 bits per heavy atom. The van der Waals surface area contributed by atoms with E-state index in [1.807, 2.05) is 6.07 Å². The van der Waals surface area contributed by atoms with Crippen LogP contribution >= 0.6 is 0 Å². The Hall–Kier alpha value is -5.81. The van der Waals surface area contributed by atoms with Crippen molar-refractivity contribution < 1.29 is 0 Å². The Morgan fingerprint density at radius 3 is 2.05 bits per heavy atom. The highest BCUT2D eigenvalue weighted by Gasteiger charge is 2.22. The van der Waals surface area contributed by atoms with Gasteiger partial charge in [0.2, 0.25) is 5.95 Å². The Balaban J connectivity index is 1.38. The molecular weight excluding hydrogens is 538 g/mol. The lowest BCUT2D eigenvalue weighted by Crippen LogP contribution is -2.08. The molecule has 44 heavy (non-hydrogen) atoms. The minimum absolute atomic E-state index is 0.181. The maximum absolute atomic E-state index is 5.45. The molecule has 4 aromatic heterocycles. The zero-order valence-electron chi connectivity index (χ0n) is 23.9. The number of hydrogen-bond donors (Lipinski definition) is 0. The SMILES string of the molecule is C1=CCC(c2cc(-c3ccccc3)nc(-n3c4ccccc4c4cc5c(nc43)c3ccccc3n5-c3ccccc3)n2)C=C1. The Labute approximate surface area is 254 Å². The van der Waals surface area contributed by atoms with Gasteiger partial charge in [-0.05, 0) is 42.8 Å². The van der Waals surface area contributed by atoms with E-state index in [9.17, 15) is 0 Å². The molecule has 0 N–H and O–H groups in total. The molecule has 1 aliphatic carbocycles. The first-order valence-electron chi connectivity index (χ1n) is 15.0. The van der Waals surface area contributed by atoms with Crippen molar-refractivity contribution in [3.63, 3.8) is 0 Å². The molecule has 0 saturated heterocycles. The number of para-hydroxylation sites is 3. The average Bonchev–Trinajstić information content (AvgIpc) is 3.60. The van der Waals surface area contributed by atoms with Crippen molar-refractivity contribution in [1.82, 2.24) is 24.1 Å². The van der Waals surface area contributed by atoms with Crippen LogP contribution in [0.15, 0.2) is 146 Å². The fraction of sp³-hybridized carbons (Fsp3) is 0.0513. The van der Waals surface area contributed by atoms with Gasteiger partial charge >= 0.3 is 0 Å². The van der Waals surface area contributed by atoms with Crippen LogP contribution in [0.5, 0.6) is 0 Å². The van der Waals surface area contributed by atoms with Crippen molar-refractivity contribution in [1.29, 1.82) is 0 Å². The second kappa shape index (κ2) is 9.89. The van der Waals surface area contributed by atoms with Gasteiger partial charge in [-0.2, -0.15) is 0 Å². The predicted molar refractivity (Wildman–Crippen MR) is 180 cm³/mol. The molecule has 208 valence electrons. The molecule has 5 heteroatoms. The van der Waals surface area contributed by atoms with Crippen LogP contribution in [0.3, 0.4) is 0 Å². The van der Waals surface area contributed by atoms with Gasteiger partial charge in [-0.15, -0.1) is 0 Å². The fourth-order valence-electron chi connectivity index (χ4n) is 6.60. The summed E-state index contributed by atoms with van der Waals surface area (Å²) in [6.45, 7) is 0. The Morgan fingerprint density at radius 1 is 0.568 bits per heavy atom. The minimum atomic E-state index is 0.181. The van der Waals surface area contributed by atoms with Gasteiger partial charge in [0.1, 0.15) is 5.65 Å². The largest absolute Gasteiger partial charge is 0.308 e. The van der Waals surface area contributed by atoms with Crippen LogP contribution in [0.4, 0.5) is 0 Å². The first-order chi connectivity index (χ1) is 21.8. The van der Waals surface area contributed by atoms with Gasteiger partial charge in [-0.1, -0.05) is 109 Å². The molecule has 8 aromatic rings. The van der Waals surface area contributed by atoms with E-state index in [2.05, 4.69) is 149 Å². The third kappa shape index (κ3) is 3.83. The molecule has 0 spiro atoms. The summed E-state index contributed by atoms with van der Waals surface area (Å²) >= 11 is 0. The maximum atomic E-state index is 5.45. The Kier molecular flexibility index (Phi) is 5.56. The average molecular weight is 566 g/mol. The summed E-state index contributed by atoms with van der Waals surface area (Å²) < 4.78 is 4.47. The normalized spacial score (nSPS) is 14.8. The van der Waals surface area contributed by atoms with E-state index < -0.39 is 0 Å². The van der Waals surface area contributed by atoms with Crippen LogP contribution in [-0.4, -0.2) is 24.1 Å². The second-order valence-corrected chi connectivity index (χ2v) is 11.3. The van der Waals surface area contributed by atoms with Gasteiger partial charge in [0, 0.05) is 33.3 Å². The quantitative estimate of drug-likeness (QED) is 0.214. The highest BCUT2D eigenvalue weighted by Crippen LogP contribution is 2.38. The smallest absolute Gasteiger partial charge is 0.236 e. The van der Waals surface area contributed by atoms with E-state index in [-0.39, 0.29) is 5.92 Å². The number of hydrogen-bond acceptors (Lipinski definition) is 3. The molecule has 0 fully saturated rings. The van der Waals surface area contributed by atoms with Crippen molar-refractivity contribution in [2.75, 3.05) is 0 Å². The van der Waals surface area contributed by atoms with Crippen molar-refractivity contribution >= 4 is 43.9 Å². The van der Waals surface area contributed by atoms with E-state index in [0.29, 0.717) is 5.95 Å². The zero-order chi connectivity index (χ0) is 29.0. The van der Waals surface area contributed by atoms with Crippen molar-refractivity contribution in [3.05, 3.63) is 151 Å². The summed E-state index contributed by atoms with van der Waals surface area (Å²) in [6.07, 6.45) is 9.55. The summed E-state index contributed by atoms with van der Waals surface area (Å²) in [7, 11) is 0.